The van der Waals surface area contributed by atoms with Crippen molar-refractivity contribution in [2.45, 2.75) is 44.7 Å². The van der Waals surface area contributed by atoms with Gasteiger partial charge in [-0.2, -0.15) is 4.98 Å². The molecule has 7 nitrogen and oxygen atoms in total. The molecule has 0 aromatic carbocycles. The van der Waals surface area contributed by atoms with E-state index in [1.54, 1.807) is 19.4 Å². The number of hydrogen-bond acceptors (Lipinski definition) is 6. The standard InChI is InChI=1S/C13H22N4O3/c1-4-8-10(15-5-2)11(19-3)12(20-8)17-7-6-9(14)16-13(17)18/h6-8,10-12,15H,4-5H2,1-3H3,(H2,14,16,18)/t8-,10+,11?,12-/m1/s1/i2T. The van der Waals surface area contributed by atoms with E-state index in [-0.39, 0.29) is 31.0 Å². The minimum absolute atomic E-state index is 0.0696. The van der Waals surface area contributed by atoms with Crippen molar-refractivity contribution < 1.29 is 10.8 Å². The van der Waals surface area contributed by atoms with E-state index >= 15 is 0 Å². The van der Waals surface area contributed by atoms with E-state index < -0.39 is 11.9 Å². The number of anilines is 1. The normalized spacial score (nSPS) is 30.4. The third kappa shape index (κ3) is 2.70. The summed E-state index contributed by atoms with van der Waals surface area (Å²) in [7, 11) is 1.59. The number of hydrogen-bond donors (Lipinski definition) is 2. The molecule has 4 atom stereocenters. The van der Waals surface area contributed by atoms with Gasteiger partial charge in [-0.1, -0.05) is 13.8 Å². The fourth-order valence-electron chi connectivity index (χ4n) is 2.60. The molecule has 0 aliphatic carbocycles. The van der Waals surface area contributed by atoms with Crippen molar-refractivity contribution in [2.75, 3.05) is 19.4 Å². The van der Waals surface area contributed by atoms with Crippen molar-refractivity contribution >= 4 is 5.82 Å². The average Bonchev–Trinajstić information content (AvgIpc) is 2.82. The molecular weight excluding hydrogens is 260 g/mol. The number of methoxy groups -OCH3 is 1. The maximum absolute atomic E-state index is 12.0. The molecule has 0 spiro atoms. The van der Waals surface area contributed by atoms with Gasteiger partial charge < -0.3 is 20.5 Å². The Morgan fingerprint density at radius 3 is 3.10 bits per heavy atom. The molecule has 2 heterocycles. The van der Waals surface area contributed by atoms with Crippen LogP contribution in [-0.4, -0.2) is 41.5 Å². The van der Waals surface area contributed by atoms with Gasteiger partial charge >= 0.3 is 5.69 Å². The molecule has 0 radical (unpaired) electrons. The first-order chi connectivity index (χ1) is 10.1. The third-order valence-electron chi connectivity index (χ3n) is 3.53. The Bertz CT molecular complexity index is 524. The summed E-state index contributed by atoms with van der Waals surface area (Å²) in [6, 6.07) is 1.49. The minimum Gasteiger partial charge on any atom is -0.383 e. The predicted molar refractivity (Wildman–Crippen MR) is 75.4 cm³/mol. The van der Waals surface area contributed by atoms with Crippen molar-refractivity contribution in [3.8, 4) is 0 Å². The maximum atomic E-state index is 12.0. The van der Waals surface area contributed by atoms with E-state index in [2.05, 4.69) is 10.3 Å². The molecule has 0 bridgehead atoms. The predicted octanol–water partition coefficient (Wildman–Crippen LogP) is 0.126. The maximum Gasteiger partial charge on any atom is 0.351 e. The second kappa shape index (κ2) is 6.34. The van der Waals surface area contributed by atoms with Gasteiger partial charge in [0.2, 0.25) is 0 Å². The monoisotopic (exact) mass is 284 g/mol. The lowest BCUT2D eigenvalue weighted by molar-refractivity contribution is -0.0527. The summed E-state index contributed by atoms with van der Waals surface area (Å²) in [5, 5.41) is 3.27. The highest BCUT2D eigenvalue weighted by Gasteiger charge is 2.44. The smallest absolute Gasteiger partial charge is 0.351 e. The van der Waals surface area contributed by atoms with E-state index in [9.17, 15) is 4.79 Å². The van der Waals surface area contributed by atoms with E-state index in [1.807, 2.05) is 6.92 Å². The minimum atomic E-state index is -0.552. The van der Waals surface area contributed by atoms with Crippen LogP contribution in [0.15, 0.2) is 17.1 Å². The van der Waals surface area contributed by atoms with Crippen molar-refractivity contribution in [1.82, 2.24) is 14.9 Å². The molecule has 0 saturated carbocycles. The summed E-state index contributed by atoms with van der Waals surface area (Å²) >= 11 is 0. The van der Waals surface area contributed by atoms with Gasteiger partial charge in [-0.15, -0.1) is 0 Å². The molecular formula is C13H22N4O3. The topological polar surface area (TPSA) is 91.4 Å². The van der Waals surface area contributed by atoms with Gasteiger partial charge in [0.25, 0.3) is 0 Å². The van der Waals surface area contributed by atoms with Crippen LogP contribution in [0.2, 0.25) is 0 Å². The molecule has 20 heavy (non-hydrogen) atoms. The van der Waals surface area contributed by atoms with Crippen LogP contribution in [-0.2, 0) is 9.47 Å². The second-order valence-corrected chi connectivity index (χ2v) is 4.70. The molecule has 1 unspecified atom stereocenters. The Morgan fingerprint density at radius 2 is 2.50 bits per heavy atom. The Labute approximate surface area is 119 Å². The van der Waals surface area contributed by atoms with Gasteiger partial charge in [0, 0.05) is 14.7 Å². The summed E-state index contributed by atoms with van der Waals surface area (Å²) in [5.41, 5.74) is 5.05. The summed E-state index contributed by atoms with van der Waals surface area (Å²) in [6.45, 7) is 2.84. The van der Waals surface area contributed by atoms with Crippen LogP contribution in [0.1, 0.15) is 27.8 Å². The fourth-order valence-corrected chi connectivity index (χ4v) is 2.60. The van der Waals surface area contributed by atoms with Crippen molar-refractivity contribution in [2.24, 2.45) is 0 Å². The number of aromatic nitrogens is 2. The summed E-state index contributed by atoms with van der Waals surface area (Å²) in [6.07, 6.45) is 1.38. The van der Waals surface area contributed by atoms with Crippen LogP contribution in [0.5, 0.6) is 0 Å². The lowest BCUT2D eigenvalue weighted by Gasteiger charge is -2.23. The number of rotatable bonds is 5. The molecule has 1 aromatic rings. The Hall–Kier alpha value is -1.44. The highest BCUT2D eigenvalue weighted by atomic mass is 16.6. The van der Waals surface area contributed by atoms with E-state index in [0.717, 1.165) is 6.42 Å². The van der Waals surface area contributed by atoms with Gasteiger partial charge in [-0.25, -0.2) is 4.79 Å². The number of nitrogens with zero attached hydrogens (tertiary/aromatic N) is 2. The number of nitrogen functional groups attached to an aromatic ring is 1. The zero-order valence-corrected chi connectivity index (χ0v) is 11.8. The highest BCUT2D eigenvalue weighted by molar-refractivity contribution is 5.23. The van der Waals surface area contributed by atoms with Crippen LogP contribution in [0.3, 0.4) is 0 Å². The number of ether oxygens (including phenoxy) is 2. The van der Waals surface area contributed by atoms with Crippen LogP contribution < -0.4 is 16.7 Å². The van der Waals surface area contributed by atoms with Crippen LogP contribution in [0, 0.1) is 0 Å². The number of nitrogens with one attached hydrogen (secondary N) is 1. The molecule has 2 rings (SSSR count). The molecule has 7 heteroatoms. The molecule has 1 aliphatic rings. The van der Waals surface area contributed by atoms with E-state index in [1.165, 1.54) is 4.57 Å². The summed E-state index contributed by atoms with van der Waals surface area (Å²) in [4.78, 5) is 15.7. The molecule has 3 N–H and O–H groups in total. The van der Waals surface area contributed by atoms with Crippen molar-refractivity contribution in [3.63, 3.8) is 0 Å². The van der Waals surface area contributed by atoms with Crippen LogP contribution in [0.25, 0.3) is 0 Å². The number of nitrogens with two attached hydrogens (primary N) is 1. The van der Waals surface area contributed by atoms with Crippen molar-refractivity contribution in [1.29, 1.82) is 0 Å². The Morgan fingerprint density at radius 1 is 1.70 bits per heavy atom. The van der Waals surface area contributed by atoms with Gasteiger partial charge in [0.05, 0.1) is 12.1 Å². The third-order valence-corrected chi connectivity index (χ3v) is 3.53. The fraction of sp³-hybridized carbons (Fsp3) is 0.692. The number of likely N-dealkylation sites (N-methyl/N-ethyl adjacent to an activating group) is 1. The Balaban J connectivity index is 2.28. The van der Waals surface area contributed by atoms with Gasteiger partial charge in [-0.05, 0) is 19.0 Å². The lowest BCUT2D eigenvalue weighted by Crippen LogP contribution is -2.45. The first-order valence-electron chi connectivity index (χ1n) is 7.38. The Kier molecular flexibility index (Phi) is 4.29. The van der Waals surface area contributed by atoms with Crippen molar-refractivity contribution in [3.05, 3.63) is 22.7 Å². The summed E-state index contributed by atoms with van der Waals surface area (Å²) < 4.78 is 20.2. The highest BCUT2D eigenvalue weighted by Crippen LogP contribution is 2.31. The quantitative estimate of drug-likeness (QED) is 0.798. The van der Waals surface area contributed by atoms with E-state index in [0.29, 0.717) is 6.54 Å². The van der Waals surface area contributed by atoms with E-state index in [4.69, 9.17) is 16.6 Å². The first kappa shape index (κ1) is 13.5. The largest absolute Gasteiger partial charge is 0.383 e. The molecule has 1 fully saturated rings. The molecule has 0 amide bonds. The van der Waals surface area contributed by atoms with Gasteiger partial charge in [0.1, 0.15) is 11.9 Å². The second-order valence-electron chi connectivity index (χ2n) is 4.70. The van der Waals surface area contributed by atoms with Crippen LogP contribution in [0.4, 0.5) is 5.82 Å². The zero-order chi connectivity index (χ0) is 15.4. The average molecular weight is 284 g/mol. The summed E-state index contributed by atoms with van der Waals surface area (Å²) in [5.74, 6) is 0.180. The van der Waals surface area contributed by atoms with Gasteiger partial charge in [-0.3, -0.25) is 4.57 Å². The molecule has 1 aliphatic heterocycles. The first-order valence-corrected chi connectivity index (χ1v) is 6.67. The molecule has 112 valence electrons. The van der Waals surface area contributed by atoms with Crippen LogP contribution >= 0.6 is 0 Å². The van der Waals surface area contributed by atoms with Gasteiger partial charge in [0.15, 0.2) is 6.23 Å². The lowest BCUT2D eigenvalue weighted by atomic mass is 10.0. The SMILES string of the molecule is [3H]CCN[C@@H]1C(OC)[C@H](n2ccc(N)nc2=O)O[C@@H]1CC. The zero-order valence-electron chi connectivity index (χ0n) is 12.8. The molecule has 1 saturated heterocycles. The molecule has 1 aromatic heterocycles.